The number of allylic oxidation sites excluding steroid dienone is 1. The largest absolute Gasteiger partial charge is 0.493 e. The van der Waals surface area contributed by atoms with Crippen molar-refractivity contribution in [3.8, 4) is 11.5 Å². The van der Waals surface area contributed by atoms with Crippen LogP contribution in [-0.4, -0.2) is 35.7 Å². The number of methoxy groups -OCH3 is 1. The van der Waals surface area contributed by atoms with Crippen LogP contribution in [0.25, 0.3) is 11.0 Å². The molecule has 198 valence electrons. The van der Waals surface area contributed by atoms with Gasteiger partial charge >= 0.3 is 0 Å². The normalized spacial score (nSPS) is 10.9. The third kappa shape index (κ3) is 7.17. The molecule has 1 heterocycles. The molecule has 1 N–H and O–H groups in total. The molecule has 4 aromatic rings. The van der Waals surface area contributed by atoms with Crippen molar-refractivity contribution >= 4 is 28.5 Å². The molecule has 0 aliphatic carbocycles. The molecule has 1 amide bonds. The molecular formula is C31H34ClN3O3. The summed E-state index contributed by atoms with van der Waals surface area (Å²) in [5.74, 6) is 2.42. The lowest BCUT2D eigenvalue weighted by Crippen LogP contribution is -2.25. The van der Waals surface area contributed by atoms with Gasteiger partial charge in [-0.1, -0.05) is 41.9 Å². The summed E-state index contributed by atoms with van der Waals surface area (Å²) < 4.78 is 13.8. The Balaban J connectivity index is 1.29. The fourth-order valence-corrected chi connectivity index (χ4v) is 4.62. The van der Waals surface area contributed by atoms with Crippen LogP contribution in [0.5, 0.6) is 11.5 Å². The molecule has 0 saturated carbocycles. The molecule has 4 rings (SSSR count). The number of aromatic nitrogens is 2. The summed E-state index contributed by atoms with van der Waals surface area (Å²) in [5.41, 5.74) is 3.84. The molecule has 7 heteroatoms. The van der Waals surface area contributed by atoms with E-state index in [1.165, 1.54) is 0 Å². The van der Waals surface area contributed by atoms with E-state index >= 15 is 0 Å². The number of hydrogen-bond donors (Lipinski definition) is 1. The van der Waals surface area contributed by atoms with Gasteiger partial charge in [-0.05, 0) is 73.7 Å². The van der Waals surface area contributed by atoms with Gasteiger partial charge in [0.05, 0.1) is 24.8 Å². The number of halogens is 1. The van der Waals surface area contributed by atoms with Crippen LogP contribution in [0.1, 0.15) is 41.0 Å². The van der Waals surface area contributed by atoms with Gasteiger partial charge in [0.25, 0.3) is 5.91 Å². The number of nitrogens with one attached hydrogen (secondary N) is 1. The van der Waals surface area contributed by atoms with Crippen molar-refractivity contribution in [2.45, 2.75) is 38.6 Å². The number of hydrogen-bond acceptors (Lipinski definition) is 4. The van der Waals surface area contributed by atoms with Crippen LogP contribution in [0.3, 0.4) is 0 Å². The highest BCUT2D eigenvalue weighted by Gasteiger charge is 2.11. The van der Waals surface area contributed by atoms with Crippen LogP contribution in [0.4, 0.5) is 0 Å². The number of amides is 1. The number of para-hydroxylation sites is 2. The summed E-state index contributed by atoms with van der Waals surface area (Å²) in [6.07, 6.45) is 6.09. The number of benzene rings is 3. The molecule has 1 aromatic heterocycles. The Kier molecular flexibility index (Phi) is 9.82. The highest BCUT2D eigenvalue weighted by molar-refractivity contribution is 6.30. The number of fused-ring (bicyclic) bond motifs is 1. The van der Waals surface area contributed by atoms with Crippen molar-refractivity contribution in [3.05, 3.63) is 101 Å². The zero-order valence-electron chi connectivity index (χ0n) is 21.8. The van der Waals surface area contributed by atoms with Gasteiger partial charge in [-0.25, -0.2) is 4.98 Å². The molecule has 0 saturated heterocycles. The van der Waals surface area contributed by atoms with E-state index in [9.17, 15) is 4.79 Å². The number of rotatable bonds is 14. The first-order chi connectivity index (χ1) is 18.6. The quantitative estimate of drug-likeness (QED) is 0.146. The molecule has 6 nitrogen and oxygen atoms in total. The van der Waals surface area contributed by atoms with Gasteiger partial charge in [0.1, 0.15) is 5.82 Å². The molecule has 0 atom stereocenters. The van der Waals surface area contributed by atoms with E-state index in [2.05, 4.69) is 22.5 Å². The maximum atomic E-state index is 12.4. The van der Waals surface area contributed by atoms with Gasteiger partial charge in [-0.3, -0.25) is 4.79 Å². The Bertz CT molecular complexity index is 1380. The second kappa shape index (κ2) is 13.7. The number of imidazole rings is 1. The van der Waals surface area contributed by atoms with E-state index < -0.39 is 0 Å². The van der Waals surface area contributed by atoms with Crippen LogP contribution in [0.2, 0.25) is 5.02 Å². The topological polar surface area (TPSA) is 65.4 Å². The average molecular weight is 532 g/mol. The lowest BCUT2D eigenvalue weighted by molar-refractivity contribution is 0.0953. The number of aryl methyl sites for hydroxylation is 2. The van der Waals surface area contributed by atoms with Crippen molar-refractivity contribution in [1.82, 2.24) is 14.9 Å². The van der Waals surface area contributed by atoms with Crippen LogP contribution in [0.15, 0.2) is 79.4 Å². The first-order valence-corrected chi connectivity index (χ1v) is 13.4. The highest BCUT2D eigenvalue weighted by atomic mass is 35.5. The van der Waals surface area contributed by atoms with E-state index in [0.717, 1.165) is 72.6 Å². The minimum Gasteiger partial charge on any atom is -0.493 e. The van der Waals surface area contributed by atoms with E-state index in [4.69, 9.17) is 26.1 Å². The van der Waals surface area contributed by atoms with Gasteiger partial charge in [0.2, 0.25) is 0 Å². The SMILES string of the molecule is C=CCc1ccc(OCCCCn2c(CCCNC(=O)c3cccc(Cl)c3)nc3ccccc32)c(OC)c1. The van der Waals surface area contributed by atoms with Crippen molar-refractivity contribution < 1.29 is 14.3 Å². The summed E-state index contributed by atoms with van der Waals surface area (Å²) >= 11 is 6.00. The molecule has 0 aliphatic heterocycles. The number of ether oxygens (including phenoxy) is 2. The molecule has 0 spiro atoms. The van der Waals surface area contributed by atoms with Crippen LogP contribution < -0.4 is 14.8 Å². The average Bonchev–Trinajstić information content (AvgIpc) is 3.28. The number of carbonyl (C=O) groups excluding carboxylic acids is 1. The van der Waals surface area contributed by atoms with Crippen molar-refractivity contribution in [3.63, 3.8) is 0 Å². The zero-order chi connectivity index (χ0) is 26.7. The standard InChI is InChI=1S/C31H34ClN3O3/c1-3-10-23-16-17-28(29(21-23)37-2)38-20-7-6-19-35-27-14-5-4-13-26(27)34-30(35)15-9-18-33-31(36)24-11-8-12-25(32)22-24/h3-5,8,11-14,16-17,21-22H,1,6-7,9-10,15,18-20H2,2H3,(H,33,36). The molecule has 3 aromatic carbocycles. The van der Waals surface area contributed by atoms with E-state index in [-0.39, 0.29) is 5.91 Å². The van der Waals surface area contributed by atoms with Gasteiger partial charge in [-0.15, -0.1) is 6.58 Å². The Hall–Kier alpha value is -3.77. The lowest BCUT2D eigenvalue weighted by atomic mass is 10.1. The van der Waals surface area contributed by atoms with Crippen LogP contribution >= 0.6 is 11.6 Å². The first kappa shape index (κ1) is 27.3. The van der Waals surface area contributed by atoms with Crippen molar-refractivity contribution in [1.29, 1.82) is 0 Å². The third-order valence-electron chi connectivity index (χ3n) is 6.32. The van der Waals surface area contributed by atoms with Gasteiger partial charge in [0, 0.05) is 30.1 Å². The number of carbonyl (C=O) groups is 1. The third-order valence-corrected chi connectivity index (χ3v) is 6.56. The predicted octanol–water partition coefficient (Wildman–Crippen LogP) is 6.65. The van der Waals surface area contributed by atoms with Crippen molar-refractivity contribution in [2.75, 3.05) is 20.3 Å². The zero-order valence-corrected chi connectivity index (χ0v) is 22.5. The predicted molar refractivity (Wildman–Crippen MR) is 153 cm³/mol. The fourth-order valence-electron chi connectivity index (χ4n) is 4.42. The molecular weight excluding hydrogens is 498 g/mol. The van der Waals surface area contributed by atoms with E-state index in [1.54, 1.807) is 31.4 Å². The van der Waals surface area contributed by atoms with Crippen LogP contribution in [-0.2, 0) is 19.4 Å². The summed E-state index contributed by atoms with van der Waals surface area (Å²) in [4.78, 5) is 17.3. The van der Waals surface area contributed by atoms with Gasteiger partial charge in [-0.2, -0.15) is 0 Å². The minimum atomic E-state index is -0.118. The van der Waals surface area contributed by atoms with E-state index in [0.29, 0.717) is 23.7 Å². The lowest BCUT2D eigenvalue weighted by Gasteiger charge is -2.13. The summed E-state index contributed by atoms with van der Waals surface area (Å²) in [7, 11) is 1.66. The maximum absolute atomic E-state index is 12.4. The first-order valence-electron chi connectivity index (χ1n) is 13.0. The molecule has 0 radical (unpaired) electrons. The van der Waals surface area contributed by atoms with Gasteiger partial charge < -0.3 is 19.4 Å². The molecule has 0 unspecified atom stereocenters. The van der Waals surface area contributed by atoms with Gasteiger partial charge in [0.15, 0.2) is 11.5 Å². The summed E-state index contributed by atoms with van der Waals surface area (Å²) in [5, 5.41) is 3.53. The monoisotopic (exact) mass is 531 g/mol. The molecule has 0 bridgehead atoms. The summed E-state index contributed by atoms with van der Waals surface area (Å²) in [6.45, 7) is 5.81. The Morgan fingerprint density at radius 3 is 2.74 bits per heavy atom. The highest BCUT2D eigenvalue weighted by Crippen LogP contribution is 2.28. The number of nitrogens with zero attached hydrogens (tertiary/aromatic N) is 2. The molecule has 38 heavy (non-hydrogen) atoms. The number of unbranched alkanes of at least 4 members (excludes halogenated alkanes) is 1. The Labute approximate surface area is 229 Å². The summed E-state index contributed by atoms with van der Waals surface area (Å²) in [6, 6.07) is 21.2. The Morgan fingerprint density at radius 1 is 1.05 bits per heavy atom. The van der Waals surface area contributed by atoms with Crippen molar-refractivity contribution in [2.24, 2.45) is 0 Å². The van der Waals surface area contributed by atoms with E-state index in [1.807, 2.05) is 42.5 Å². The smallest absolute Gasteiger partial charge is 0.251 e. The second-order valence-electron chi connectivity index (χ2n) is 9.07. The fraction of sp³-hybridized carbons (Fsp3) is 0.290. The van der Waals surface area contributed by atoms with Crippen LogP contribution in [0, 0.1) is 0 Å². The molecule has 0 aliphatic rings. The molecule has 0 fully saturated rings. The Morgan fingerprint density at radius 2 is 1.92 bits per heavy atom. The maximum Gasteiger partial charge on any atom is 0.251 e. The second-order valence-corrected chi connectivity index (χ2v) is 9.51. The minimum absolute atomic E-state index is 0.118.